The van der Waals surface area contributed by atoms with Crippen LogP contribution in [0.2, 0.25) is 0 Å². The van der Waals surface area contributed by atoms with E-state index in [4.69, 9.17) is 0 Å². The Labute approximate surface area is 95.7 Å². The van der Waals surface area contributed by atoms with E-state index in [0.717, 1.165) is 25.5 Å². The van der Waals surface area contributed by atoms with E-state index in [-0.39, 0.29) is 5.82 Å². The fourth-order valence-corrected chi connectivity index (χ4v) is 2.10. The maximum Gasteiger partial charge on any atom is 0.141 e. The highest BCUT2D eigenvalue weighted by molar-refractivity contribution is 5.33. The number of anilines is 1. The fourth-order valence-electron chi connectivity index (χ4n) is 2.10. The third-order valence-electron chi connectivity index (χ3n) is 3.12. The molecule has 1 aromatic heterocycles. The Kier molecular flexibility index (Phi) is 3.72. The number of rotatable bonds is 4. The lowest BCUT2D eigenvalue weighted by Gasteiger charge is -2.13. The third kappa shape index (κ3) is 2.92. The zero-order valence-electron chi connectivity index (χ0n) is 9.62. The zero-order chi connectivity index (χ0) is 11.4. The van der Waals surface area contributed by atoms with Crippen LogP contribution in [0.4, 0.5) is 10.2 Å². The number of halogens is 1. The van der Waals surface area contributed by atoms with Gasteiger partial charge in [-0.3, -0.25) is 0 Å². The molecule has 1 N–H and O–H groups in total. The van der Waals surface area contributed by atoms with Gasteiger partial charge < -0.3 is 10.2 Å². The highest BCUT2D eigenvalue weighted by Crippen LogP contribution is 2.16. The molecule has 0 spiro atoms. The van der Waals surface area contributed by atoms with Gasteiger partial charge in [-0.15, -0.1) is 0 Å². The Bertz CT molecular complexity index is 326. The molecule has 16 heavy (non-hydrogen) atoms. The summed E-state index contributed by atoms with van der Waals surface area (Å²) >= 11 is 0. The Morgan fingerprint density at radius 1 is 1.56 bits per heavy atom. The lowest BCUT2D eigenvalue weighted by Crippen LogP contribution is -2.22. The lowest BCUT2D eigenvalue weighted by molar-refractivity contribution is 0.345. The summed E-state index contributed by atoms with van der Waals surface area (Å²) in [4.78, 5) is 6.43. The second kappa shape index (κ2) is 5.25. The first-order valence-corrected chi connectivity index (χ1v) is 5.85. The zero-order valence-corrected chi connectivity index (χ0v) is 9.62. The summed E-state index contributed by atoms with van der Waals surface area (Å²) in [6.07, 6.45) is 2.48. The molecular formula is C12H18FN3. The number of likely N-dealkylation sites (tertiary alicyclic amines) is 1. The normalized spacial score (nSPS) is 21.2. The molecule has 1 fully saturated rings. The van der Waals surface area contributed by atoms with E-state index in [2.05, 4.69) is 22.1 Å². The van der Waals surface area contributed by atoms with Gasteiger partial charge in [0.25, 0.3) is 0 Å². The van der Waals surface area contributed by atoms with Crippen LogP contribution < -0.4 is 5.32 Å². The van der Waals surface area contributed by atoms with Crippen molar-refractivity contribution in [3.8, 4) is 0 Å². The van der Waals surface area contributed by atoms with E-state index in [1.807, 2.05) is 0 Å². The average molecular weight is 223 g/mol. The van der Waals surface area contributed by atoms with Crippen LogP contribution in [0.3, 0.4) is 0 Å². The molecule has 1 saturated heterocycles. The Balaban J connectivity index is 1.77. The van der Waals surface area contributed by atoms with E-state index in [9.17, 15) is 4.39 Å². The number of pyridine rings is 1. The van der Waals surface area contributed by atoms with Crippen LogP contribution in [0.25, 0.3) is 0 Å². The van der Waals surface area contributed by atoms with Gasteiger partial charge in [-0.1, -0.05) is 6.92 Å². The monoisotopic (exact) mass is 223 g/mol. The van der Waals surface area contributed by atoms with Crippen LogP contribution in [0.15, 0.2) is 18.3 Å². The molecule has 0 aliphatic carbocycles. The van der Waals surface area contributed by atoms with Crippen molar-refractivity contribution < 1.29 is 4.39 Å². The van der Waals surface area contributed by atoms with Gasteiger partial charge in [0, 0.05) is 13.1 Å². The molecule has 0 radical (unpaired) electrons. The summed E-state index contributed by atoms with van der Waals surface area (Å²) in [5.41, 5.74) is 0. The van der Waals surface area contributed by atoms with Crippen molar-refractivity contribution in [2.24, 2.45) is 5.92 Å². The van der Waals surface area contributed by atoms with Crippen LogP contribution in [0.5, 0.6) is 0 Å². The van der Waals surface area contributed by atoms with Crippen LogP contribution in [0.1, 0.15) is 13.3 Å². The molecule has 1 aromatic rings. The number of hydrogen-bond acceptors (Lipinski definition) is 3. The highest BCUT2D eigenvalue weighted by Gasteiger charge is 2.20. The van der Waals surface area contributed by atoms with E-state index in [1.54, 1.807) is 6.07 Å². The van der Waals surface area contributed by atoms with Crippen LogP contribution in [0, 0.1) is 11.7 Å². The van der Waals surface area contributed by atoms with Crippen molar-refractivity contribution in [2.45, 2.75) is 13.3 Å². The van der Waals surface area contributed by atoms with Gasteiger partial charge in [0.1, 0.15) is 11.6 Å². The van der Waals surface area contributed by atoms with Gasteiger partial charge in [-0.2, -0.15) is 0 Å². The van der Waals surface area contributed by atoms with Gasteiger partial charge >= 0.3 is 0 Å². The molecule has 0 saturated carbocycles. The number of nitrogens with zero attached hydrogens (tertiary/aromatic N) is 2. The minimum absolute atomic E-state index is 0.288. The van der Waals surface area contributed by atoms with Gasteiger partial charge in [0.05, 0.1) is 6.20 Å². The molecule has 2 heterocycles. The van der Waals surface area contributed by atoms with Crippen LogP contribution >= 0.6 is 0 Å². The van der Waals surface area contributed by atoms with Crippen molar-refractivity contribution in [3.63, 3.8) is 0 Å². The topological polar surface area (TPSA) is 28.2 Å². The summed E-state index contributed by atoms with van der Waals surface area (Å²) in [6, 6.07) is 3.12. The Morgan fingerprint density at radius 2 is 2.44 bits per heavy atom. The molecule has 3 nitrogen and oxygen atoms in total. The standard InChI is InChI=1S/C12H18FN3/c1-2-16-6-5-10(9-16)7-14-12-4-3-11(13)8-15-12/h3-4,8,10H,2,5-7,9H2,1H3,(H,14,15). The molecule has 1 unspecified atom stereocenters. The second-order valence-electron chi connectivity index (χ2n) is 4.29. The molecule has 88 valence electrons. The van der Waals surface area contributed by atoms with Gasteiger partial charge in [0.15, 0.2) is 0 Å². The van der Waals surface area contributed by atoms with E-state index in [1.165, 1.54) is 25.2 Å². The SMILES string of the molecule is CCN1CCC(CNc2ccc(F)cn2)C1. The van der Waals surface area contributed by atoms with Crippen molar-refractivity contribution >= 4 is 5.82 Å². The molecule has 0 bridgehead atoms. The first-order chi connectivity index (χ1) is 7.78. The van der Waals surface area contributed by atoms with E-state index < -0.39 is 0 Å². The summed E-state index contributed by atoms with van der Waals surface area (Å²) in [5.74, 6) is 1.16. The number of nitrogens with one attached hydrogen (secondary N) is 1. The minimum atomic E-state index is -0.288. The maximum atomic E-state index is 12.6. The van der Waals surface area contributed by atoms with E-state index >= 15 is 0 Å². The number of aromatic nitrogens is 1. The Hall–Kier alpha value is -1.16. The molecule has 0 aromatic carbocycles. The van der Waals surface area contributed by atoms with Gasteiger partial charge in [-0.05, 0) is 37.6 Å². The fraction of sp³-hybridized carbons (Fsp3) is 0.583. The Morgan fingerprint density at radius 3 is 3.06 bits per heavy atom. The molecule has 1 aliphatic rings. The maximum absolute atomic E-state index is 12.6. The molecule has 1 aliphatic heterocycles. The van der Waals surface area contributed by atoms with Crippen LogP contribution in [-0.4, -0.2) is 36.1 Å². The minimum Gasteiger partial charge on any atom is -0.370 e. The van der Waals surface area contributed by atoms with Crippen molar-refractivity contribution in [2.75, 3.05) is 31.5 Å². The summed E-state index contributed by atoms with van der Waals surface area (Å²) < 4.78 is 12.6. The van der Waals surface area contributed by atoms with Crippen LogP contribution in [-0.2, 0) is 0 Å². The third-order valence-corrected chi connectivity index (χ3v) is 3.12. The summed E-state index contributed by atoms with van der Waals surface area (Å²) in [7, 11) is 0. The predicted octanol–water partition coefficient (Wildman–Crippen LogP) is 1.97. The average Bonchev–Trinajstić information content (AvgIpc) is 2.76. The van der Waals surface area contributed by atoms with Gasteiger partial charge in [-0.25, -0.2) is 9.37 Å². The molecule has 0 amide bonds. The molecule has 1 atom stereocenters. The predicted molar refractivity (Wildman–Crippen MR) is 62.9 cm³/mol. The first kappa shape index (κ1) is 11.3. The molecular weight excluding hydrogens is 205 g/mol. The lowest BCUT2D eigenvalue weighted by atomic mass is 10.1. The summed E-state index contributed by atoms with van der Waals surface area (Å²) in [5, 5.41) is 3.25. The van der Waals surface area contributed by atoms with Crippen molar-refractivity contribution in [3.05, 3.63) is 24.1 Å². The molecule has 4 heteroatoms. The van der Waals surface area contributed by atoms with Gasteiger partial charge in [0.2, 0.25) is 0 Å². The molecule has 2 rings (SSSR count). The largest absolute Gasteiger partial charge is 0.370 e. The smallest absolute Gasteiger partial charge is 0.141 e. The van der Waals surface area contributed by atoms with Crippen molar-refractivity contribution in [1.82, 2.24) is 9.88 Å². The van der Waals surface area contributed by atoms with Crippen molar-refractivity contribution in [1.29, 1.82) is 0 Å². The quantitative estimate of drug-likeness (QED) is 0.846. The summed E-state index contributed by atoms with van der Waals surface area (Å²) in [6.45, 7) is 6.60. The first-order valence-electron chi connectivity index (χ1n) is 5.85. The second-order valence-corrected chi connectivity index (χ2v) is 4.29. The highest BCUT2D eigenvalue weighted by atomic mass is 19.1. The van der Waals surface area contributed by atoms with E-state index in [0.29, 0.717) is 5.92 Å². The number of hydrogen-bond donors (Lipinski definition) is 1.